The van der Waals surface area contributed by atoms with Gasteiger partial charge < -0.3 is 10.2 Å². The Hall–Kier alpha value is -1.57. The van der Waals surface area contributed by atoms with Crippen LogP contribution in [0.25, 0.3) is 0 Å². The molecule has 1 fully saturated rings. The molecule has 0 unspecified atom stereocenters. The fourth-order valence-corrected chi connectivity index (χ4v) is 2.66. The van der Waals surface area contributed by atoms with Crippen molar-refractivity contribution in [3.63, 3.8) is 0 Å². The van der Waals surface area contributed by atoms with Crippen LogP contribution in [0.4, 0.5) is 0 Å². The summed E-state index contributed by atoms with van der Waals surface area (Å²) in [4.78, 5) is 29.1. The van der Waals surface area contributed by atoms with Crippen LogP contribution in [-0.2, 0) is 16.0 Å². The lowest BCUT2D eigenvalue weighted by Gasteiger charge is -2.30. The quantitative estimate of drug-likeness (QED) is 0.757. The third kappa shape index (κ3) is 3.96. The molecule has 0 aromatic carbocycles. The van der Waals surface area contributed by atoms with Gasteiger partial charge in [0.05, 0.1) is 5.75 Å². The molecule has 1 atom stereocenters. The average Bonchev–Trinajstić information content (AvgIpc) is 2.89. The Kier molecular flexibility index (Phi) is 4.99. The van der Waals surface area contributed by atoms with E-state index in [9.17, 15) is 9.59 Å². The summed E-state index contributed by atoms with van der Waals surface area (Å²) in [5.74, 6) is 1.19. The summed E-state index contributed by atoms with van der Waals surface area (Å²) in [6.45, 7) is 2.57. The molecule has 0 bridgehead atoms. The third-order valence-corrected chi connectivity index (χ3v) is 4.02. The maximum atomic E-state index is 11.8. The number of aryl methyl sites for hydroxylation is 1. The monoisotopic (exact) mass is 297 g/mol. The summed E-state index contributed by atoms with van der Waals surface area (Å²) < 4.78 is 0. The number of hydrogen-bond acceptors (Lipinski definition) is 5. The highest BCUT2D eigenvalue weighted by Gasteiger charge is 2.23. The molecule has 1 aromatic heterocycles. The number of carbonyl (C=O) groups is 2. The molecule has 8 heteroatoms. The van der Waals surface area contributed by atoms with E-state index < -0.39 is 0 Å². The lowest BCUT2D eigenvalue weighted by Crippen LogP contribution is -2.48. The van der Waals surface area contributed by atoms with E-state index in [1.54, 1.807) is 11.9 Å². The Morgan fingerprint density at radius 1 is 1.60 bits per heavy atom. The number of hydrogen-bond donors (Lipinski definition) is 2. The fraction of sp³-hybridized carbons (Fsp3) is 0.667. The molecule has 0 saturated carbocycles. The number of rotatable bonds is 5. The van der Waals surface area contributed by atoms with Crippen molar-refractivity contribution in [2.75, 3.05) is 19.3 Å². The van der Waals surface area contributed by atoms with Crippen molar-refractivity contribution < 1.29 is 9.59 Å². The first kappa shape index (κ1) is 14.8. The first-order chi connectivity index (χ1) is 9.58. The van der Waals surface area contributed by atoms with Crippen LogP contribution in [0.2, 0.25) is 0 Å². The lowest BCUT2D eigenvalue weighted by molar-refractivity contribution is -0.133. The molecule has 0 spiro atoms. The largest absolute Gasteiger partial charge is 0.351 e. The van der Waals surface area contributed by atoms with Gasteiger partial charge in [-0.3, -0.25) is 14.7 Å². The van der Waals surface area contributed by atoms with E-state index in [4.69, 9.17) is 0 Å². The van der Waals surface area contributed by atoms with Gasteiger partial charge in [0.15, 0.2) is 0 Å². The molecule has 2 N–H and O–H groups in total. The zero-order valence-electron chi connectivity index (χ0n) is 11.7. The lowest BCUT2D eigenvalue weighted by atomic mass is 10.1. The molecule has 1 aliphatic heterocycles. The highest BCUT2D eigenvalue weighted by molar-refractivity contribution is 7.99. The molecule has 0 aliphatic carbocycles. The van der Waals surface area contributed by atoms with Crippen molar-refractivity contribution in [2.45, 2.75) is 37.4 Å². The number of carbonyl (C=O) groups excluding carboxylic acids is 2. The topological polar surface area (TPSA) is 91.0 Å². The van der Waals surface area contributed by atoms with Crippen LogP contribution in [0.3, 0.4) is 0 Å². The summed E-state index contributed by atoms with van der Waals surface area (Å²) in [5, 5.41) is 10.4. The summed E-state index contributed by atoms with van der Waals surface area (Å²) in [7, 11) is 1.76. The van der Waals surface area contributed by atoms with E-state index >= 15 is 0 Å². The summed E-state index contributed by atoms with van der Waals surface area (Å²) >= 11 is 1.31. The van der Waals surface area contributed by atoms with Gasteiger partial charge in [-0.15, -0.1) is 5.10 Å². The van der Waals surface area contributed by atoms with E-state index in [0.717, 1.165) is 12.2 Å². The van der Waals surface area contributed by atoms with E-state index in [1.807, 2.05) is 6.92 Å². The smallest absolute Gasteiger partial charge is 0.230 e. The number of piperidine rings is 1. The van der Waals surface area contributed by atoms with Crippen LogP contribution >= 0.6 is 11.8 Å². The molecule has 2 heterocycles. The first-order valence-corrected chi connectivity index (χ1v) is 7.64. The van der Waals surface area contributed by atoms with Gasteiger partial charge in [0.2, 0.25) is 17.0 Å². The van der Waals surface area contributed by atoms with E-state index in [2.05, 4.69) is 20.5 Å². The van der Waals surface area contributed by atoms with Gasteiger partial charge in [-0.2, -0.15) is 0 Å². The number of likely N-dealkylation sites (tertiary alicyclic amines) is 1. The zero-order chi connectivity index (χ0) is 14.5. The Morgan fingerprint density at radius 2 is 2.40 bits per heavy atom. The number of thioether (sulfide) groups is 1. The normalized spacial score (nSPS) is 19.2. The van der Waals surface area contributed by atoms with Crippen LogP contribution in [-0.4, -0.2) is 57.3 Å². The average molecular weight is 297 g/mol. The van der Waals surface area contributed by atoms with Crippen molar-refractivity contribution in [3.05, 3.63) is 5.82 Å². The van der Waals surface area contributed by atoms with Gasteiger partial charge in [0.1, 0.15) is 5.82 Å². The number of aromatic amines is 1. The molecule has 7 nitrogen and oxygen atoms in total. The molecule has 2 rings (SSSR count). The number of H-pyrrole nitrogens is 1. The Morgan fingerprint density at radius 3 is 3.05 bits per heavy atom. The number of amides is 2. The second kappa shape index (κ2) is 6.74. The third-order valence-electron chi connectivity index (χ3n) is 3.17. The van der Waals surface area contributed by atoms with Crippen LogP contribution < -0.4 is 5.32 Å². The number of nitrogens with zero attached hydrogens (tertiary/aromatic N) is 3. The summed E-state index contributed by atoms with van der Waals surface area (Å²) in [6, 6.07) is 0.0455. The summed E-state index contributed by atoms with van der Waals surface area (Å²) in [5.41, 5.74) is 0. The highest BCUT2D eigenvalue weighted by Crippen LogP contribution is 2.13. The first-order valence-electron chi connectivity index (χ1n) is 6.66. The molecular weight excluding hydrogens is 278 g/mol. The van der Waals surface area contributed by atoms with Crippen LogP contribution in [0, 0.1) is 0 Å². The van der Waals surface area contributed by atoms with Gasteiger partial charge in [-0.25, -0.2) is 4.98 Å². The predicted molar refractivity (Wildman–Crippen MR) is 75.3 cm³/mol. The Labute approximate surface area is 121 Å². The minimum absolute atomic E-state index is 0.0455. The second-order valence-corrected chi connectivity index (χ2v) is 5.73. The molecule has 2 amide bonds. The van der Waals surface area contributed by atoms with Gasteiger partial charge in [0, 0.05) is 32.5 Å². The molecule has 110 valence electrons. The van der Waals surface area contributed by atoms with Crippen LogP contribution in [0.5, 0.6) is 0 Å². The maximum Gasteiger partial charge on any atom is 0.230 e. The highest BCUT2D eigenvalue weighted by atomic mass is 32.2. The second-order valence-electron chi connectivity index (χ2n) is 4.78. The Bertz CT molecular complexity index is 490. The van der Waals surface area contributed by atoms with E-state index in [-0.39, 0.29) is 23.6 Å². The van der Waals surface area contributed by atoms with Gasteiger partial charge in [-0.1, -0.05) is 18.7 Å². The predicted octanol–water partition coefficient (Wildman–Crippen LogP) is 0.196. The molecule has 1 saturated heterocycles. The van der Waals surface area contributed by atoms with Gasteiger partial charge in [0.25, 0.3) is 0 Å². The van der Waals surface area contributed by atoms with E-state index in [1.165, 1.54) is 11.8 Å². The standard InChI is InChI=1S/C12H19N5O2S/c1-3-9-14-12(16-15-9)20-7-10(18)13-8-4-5-11(19)17(2)6-8/h8H,3-7H2,1-2H3,(H,13,18)(H,14,15,16)/t8-/m1/s1. The van der Waals surface area contributed by atoms with E-state index in [0.29, 0.717) is 24.5 Å². The fourth-order valence-electron chi connectivity index (χ4n) is 2.03. The van der Waals surface area contributed by atoms with Crippen molar-refractivity contribution in [1.82, 2.24) is 25.4 Å². The Balaban J connectivity index is 1.74. The van der Waals surface area contributed by atoms with Gasteiger partial charge >= 0.3 is 0 Å². The zero-order valence-corrected chi connectivity index (χ0v) is 12.5. The number of nitrogens with one attached hydrogen (secondary N) is 2. The maximum absolute atomic E-state index is 11.8. The molecule has 1 aliphatic rings. The van der Waals surface area contributed by atoms with Crippen molar-refractivity contribution in [1.29, 1.82) is 0 Å². The SMILES string of the molecule is CCc1nc(SCC(=O)N[C@@H]2CCC(=O)N(C)C2)n[nH]1. The van der Waals surface area contributed by atoms with Crippen LogP contribution in [0.15, 0.2) is 5.16 Å². The minimum Gasteiger partial charge on any atom is -0.351 e. The molecular formula is C12H19N5O2S. The van der Waals surface area contributed by atoms with Gasteiger partial charge in [-0.05, 0) is 6.42 Å². The molecule has 20 heavy (non-hydrogen) atoms. The molecule has 1 aromatic rings. The van der Waals surface area contributed by atoms with Crippen LogP contribution in [0.1, 0.15) is 25.6 Å². The van der Waals surface area contributed by atoms with Crippen molar-refractivity contribution in [2.24, 2.45) is 0 Å². The van der Waals surface area contributed by atoms with Crippen molar-refractivity contribution in [3.8, 4) is 0 Å². The summed E-state index contributed by atoms with van der Waals surface area (Å²) in [6.07, 6.45) is 2.00. The van der Waals surface area contributed by atoms with Crippen molar-refractivity contribution >= 4 is 23.6 Å². The number of likely N-dealkylation sites (N-methyl/N-ethyl adjacent to an activating group) is 1. The minimum atomic E-state index is -0.0504. The number of aromatic nitrogens is 3. The molecule has 0 radical (unpaired) electrons.